The van der Waals surface area contributed by atoms with Gasteiger partial charge in [-0.15, -0.1) is 0 Å². The van der Waals surface area contributed by atoms with Crippen molar-refractivity contribution in [2.75, 3.05) is 13.7 Å². The van der Waals surface area contributed by atoms with Gasteiger partial charge in [-0.25, -0.2) is 0 Å². The normalized spacial score (nSPS) is 33.0. The molecule has 0 bridgehead atoms. The third-order valence-corrected chi connectivity index (χ3v) is 1.56. The first-order valence-corrected chi connectivity index (χ1v) is 3.66. The first-order chi connectivity index (χ1) is 4.86. The molecule has 3 heteroatoms. The SMILES string of the molecule is CCOC1CCC(OC)O1. The lowest BCUT2D eigenvalue weighted by atomic mass is 10.3. The number of hydrogen-bond donors (Lipinski definition) is 0. The van der Waals surface area contributed by atoms with Crippen molar-refractivity contribution >= 4 is 0 Å². The van der Waals surface area contributed by atoms with Crippen LogP contribution in [0.25, 0.3) is 0 Å². The number of ether oxygens (including phenoxy) is 3. The molecule has 1 saturated heterocycles. The molecular formula is C7H14O3. The van der Waals surface area contributed by atoms with Gasteiger partial charge in [0.2, 0.25) is 0 Å². The maximum absolute atomic E-state index is 5.31. The van der Waals surface area contributed by atoms with E-state index in [-0.39, 0.29) is 12.6 Å². The summed E-state index contributed by atoms with van der Waals surface area (Å²) in [6.07, 6.45) is 1.82. The van der Waals surface area contributed by atoms with Gasteiger partial charge in [0.1, 0.15) is 0 Å². The van der Waals surface area contributed by atoms with Crippen LogP contribution in [-0.2, 0) is 14.2 Å². The lowest BCUT2D eigenvalue weighted by Crippen LogP contribution is -2.15. The smallest absolute Gasteiger partial charge is 0.160 e. The molecule has 0 saturated carbocycles. The maximum atomic E-state index is 5.31. The molecule has 3 nitrogen and oxygen atoms in total. The third kappa shape index (κ3) is 1.94. The number of hydrogen-bond acceptors (Lipinski definition) is 3. The zero-order valence-electron chi connectivity index (χ0n) is 6.50. The molecular weight excluding hydrogens is 132 g/mol. The lowest BCUT2D eigenvalue weighted by Gasteiger charge is -2.11. The van der Waals surface area contributed by atoms with E-state index in [0.717, 1.165) is 12.8 Å². The van der Waals surface area contributed by atoms with E-state index in [1.165, 1.54) is 0 Å². The number of rotatable bonds is 3. The van der Waals surface area contributed by atoms with Gasteiger partial charge in [0.05, 0.1) is 0 Å². The molecule has 0 spiro atoms. The molecule has 0 amide bonds. The summed E-state index contributed by atoms with van der Waals surface area (Å²) in [6, 6.07) is 0. The van der Waals surface area contributed by atoms with Gasteiger partial charge < -0.3 is 14.2 Å². The summed E-state index contributed by atoms with van der Waals surface area (Å²) in [5.41, 5.74) is 0. The van der Waals surface area contributed by atoms with E-state index in [1.54, 1.807) is 7.11 Å². The van der Waals surface area contributed by atoms with E-state index in [1.807, 2.05) is 6.92 Å². The van der Waals surface area contributed by atoms with Crippen LogP contribution >= 0.6 is 0 Å². The monoisotopic (exact) mass is 146 g/mol. The maximum Gasteiger partial charge on any atom is 0.160 e. The quantitative estimate of drug-likeness (QED) is 0.597. The average Bonchev–Trinajstić information content (AvgIpc) is 2.37. The summed E-state index contributed by atoms with van der Waals surface area (Å²) < 4.78 is 15.5. The lowest BCUT2D eigenvalue weighted by molar-refractivity contribution is -0.194. The van der Waals surface area contributed by atoms with Gasteiger partial charge in [-0.2, -0.15) is 0 Å². The van der Waals surface area contributed by atoms with Crippen LogP contribution in [0.5, 0.6) is 0 Å². The molecule has 10 heavy (non-hydrogen) atoms. The van der Waals surface area contributed by atoms with E-state index >= 15 is 0 Å². The molecule has 0 radical (unpaired) electrons. The molecule has 1 fully saturated rings. The van der Waals surface area contributed by atoms with E-state index in [0.29, 0.717) is 6.61 Å². The second kappa shape index (κ2) is 3.91. The molecule has 0 N–H and O–H groups in total. The molecule has 0 aromatic heterocycles. The van der Waals surface area contributed by atoms with Crippen molar-refractivity contribution in [3.63, 3.8) is 0 Å². The first kappa shape index (κ1) is 7.98. The Kier molecular flexibility index (Phi) is 3.12. The molecule has 2 unspecified atom stereocenters. The summed E-state index contributed by atoms with van der Waals surface area (Å²) in [5.74, 6) is 0. The van der Waals surface area contributed by atoms with Crippen LogP contribution in [0.15, 0.2) is 0 Å². The van der Waals surface area contributed by atoms with Gasteiger partial charge in [0.25, 0.3) is 0 Å². The van der Waals surface area contributed by atoms with Crippen molar-refractivity contribution in [3.8, 4) is 0 Å². The average molecular weight is 146 g/mol. The third-order valence-electron chi connectivity index (χ3n) is 1.56. The zero-order chi connectivity index (χ0) is 7.40. The zero-order valence-corrected chi connectivity index (χ0v) is 6.50. The van der Waals surface area contributed by atoms with Crippen LogP contribution in [0, 0.1) is 0 Å². The van der Waals surface area contributed by atoms with Crippen LogP contribution in [-0.4, -0.2) is 26.3 Å². The van der Waals surface area contributed by atoms with Gasteiger partial charge in [-0.3, -0.25) is 0 Å². The molecule has 0 aromatic rings. The summed E-state index contributed by atoms with van der Waals surface area (Å²) >= 11 is 0. The Labute approximate surface area is 61.3 Å². The summed E-state index contributed by atoms with van der Waals surface area (Å²) in [5, 5.41) is 0. The Hall–Kier alpha value is -0.120. The van der Waals surface area contributed by atoms with E-state index in [2.05, 4.69) is 0 Å². The van der Waals surface area contributed by atoms with Crippen molar-refractivity contribution < 1.29 is 14.2 Å². The Morgan fingerprint density at radius 1 is 1.40 bits per heavy atom. The first-order valence-electron chi connectivity index (χ1n) is 3.66. The Balaban J connectivity index is 2.15. The fourth-order valence-corrected chi connectivity index (χ4v) is 1.06. The molecule has 0 aromatic carbocycles. The molecule has 0 aliphatic carbocycles. The summed E-state index contributed by atoms with van der Waals surface area (Å²) in [4.78, 5) is 0. The Morgan fingerprint density at radius 2 is 2.10 bits per heavy atom. The highest BCUT2D eigenvalue weighted by atomic mass is 16.8. The van der Waals surface area contributed by atoms with Crippen molar-refractivity contribution in [1.82, 2.24) is 0 Å². The minimum Gasteiger partial charge on any atom is -0.356 e. The predicted octanol–water partition coefficient (Wildman–Crippen LogP) is 1.13. The Morgan fingerprint density at radius 3 is 2.60 bits per heavy atom. The molecule has 1 aliphatic heterocycles. The predicted molar refractivity (Wildman–Crippen MR) is 36.5 cm³/mol. The van der Waals surface area contributed by atoms with Gasteiger partial charge in [0, 0.05) is 26.6 Å². The van der Waals surface area contributed by atoms with E-state index < -0.39 is 0 Å². The second-order valence-corrected chi connectivity index (χ2v) is 2.26. The van der Waals surface area contributed by atoms with Gasteiger partial charge in [0.15, 0.2) is 12.6 Å². The minimum atomic E-state index is -0.0449. The minimum absolute atomic E-state index is 0.0325. The largest absolute Gasteiger partial charge is 0.356 e. The van der Waals surface area contributed by atoms with Crippen molar-refractivity contribution in [2.24, 2.45) is 0 Å². The van der Waals surface area contributed by atoms with Crippen LogP contribution < -0.4 is 0 Å². The highest BCUT2D eigenvalue weighted by Crippen LogP contribution is 2.20. The van der Waals surface area contributed by atoms with Crippen LogP contribution in [0.3, 0.4) is 0 Å². The molecule has 2 atom stereocenters. The molecule has 1 aliphatic rings. The van der Waals surface area contributed by atoms with Crippen LogP contribution in [0.2, 0.25) is 0 Å². The highest BCUT2D eigenvalue weighted by Gasteiger charge is 2.24. The topological polar surface area (TPSA) is 27.7 Å². The Bertz CT molecular complexity index is 94.9. The van der Waals surface area contributed by atoms with Gasteiger partial charge in [-0.1, -0.05) is 0 Å². The van der Waals surface area contributed by atoms with Crippen molar-refractivity contribution in [2.45, 2.75) is 32.3 Å². The van der Waals surface area contributed by atoms with Crippen LogP contribution in [0.4, 0.5) is 0 Å². The standard InChI is InChI=1S/C7H14O3/c1-3-9-7-5-4-6(8-2)10-7/h6-7H,3-5H2,1-2H3. The van der Waals surface area contributed by atoms with Crippen LogP contribution in [0.1, 0.15) is 19.8 Å². The van der Waals surface area contributed by atoms with Crippen molar-refractivity contribution in [1.29, 1.82) is 0 Å². The molecule has 1 heterocycles. The fraction of sp³-hybridized carbons (Fsp3) is 1.00. The summed E-state index contributed by atoms with van der Waals surface area (Å²) in [6.45, 7) is 2.67. The highest BCUT2D eigenvalue weighted by molar-refractivity contribution is 4.59. The fourth-order valence-electron chi connectivity index (χ4n) is 1.06. The molecule has 1 rings (SSSR count). The molecule has 60 valence electrons. The van der Waals surface area contributed by atoms with Crippen molar-refractivity contribution in [3.05, 3.63) is 0 Å². The van der Waals surface area contributed by atoms with Gasteiger partial charge in [-0.05, 0) is 6.92 Å². The second-order valence-electron chi connectivity index (χ2n) is 2.26. The van der Waals surface area contributed by atoms with Gasteiger partial charge >= 0.3 is 0 Å². The van der Waals surface area contributed by atoms with E-state index in [4.69, 9.17) is 14.2 Å². The summed E-state index contributed by atoms with van der Waals surface area (Å²) in [7, 11) is 1.65. The number of methoxy groups -OCH3 is 1. The van der Waals surface area contributed by atoms with E-state index in [9.17, 15) is 0 Å².